The maximum absolute atomic E-state index is 13.2. The first-order valence-electron chi connectivity index (χ1n) is 10.9. The third kappa shape index (κ3) is 3.86. The molecule has 1 aromatic heterocycles. The minimum Gasteiger partial charge on any atom is -0.368 e. The molecule has 1 atom stereocenters. The third-order valence-electron chi connectivity index (χ3n) is 6.30. The molecule has 3 aromatic rings. The van der Waals surface area contributed by atoms with Crippen molar-refractivity contribution in [3.05, 3.63) is 76.4 Å². The number of aromatic nitrogens is 3. The minimum absolute atomic E-state index is 0.102. The molecule has 2 aliphatic rings. The molecule has 0 N–H and O–H groups in total. The first kappa shape index (κ1) is 20.6. The number of carbonyl (C=O) groups is 1. The number of amides is 1. The lowest BCUT2D eigenvalue weighted by Gasteiger charge is -2.36. The van der Waals surface area contributed by atoms with E-state index in [0.717, 1.165) is 18.7 Å². The van der Waals surface area contributed by atoms with Crippen LogP contribution in [0.3, 0.4) is 0 Å². The fourth-order valence-electron chi connectivity index (χ4n) is 4.52. The van der Waals surface area contributed by atoms with E-state index in [1.807, 2.05) is 4.90 Å². The average molecular weight is 436 g/mol. The second-order valence-corrected chi connectivity index (χ2v) is 8.49. The van der Waals surface area contributed by atoms with Crippen molar-refractivity contribution in [2.45, 2.75) is 33.1 Å². The van der Waals surface area contributed by atoms with Gasteiger partial charge in [-0.05, 0) is 43.2 Å². The molecular formula is C24H26FN5O2. The lowest BCUT2D eigenvalue weighted by molar-refractivity contribution is -0.00199. The maximum atomic E-state index is 13.2. The fraction of sp³-hybridized carbons (Fsp3) is 0.375. The van der Waals surface area contributed by atoms with E-state index in [-0.39, 0.29) is 24.4 Å². The number of rotatable bonds is 3. The van der Waals surface area contributed by atoms with Crippen molar-refractivity contribution in [3.8, 4) is 0 Å². The quantitative estimate of drug-likeness (QED) is 0.632. The summed E-state index contributed by atoms with van der Waals surface area (Å²) in [6, 6.07) is 12.7. The van der Waals surface area contributed by atoms with Crippen LogP contribution >= 0.6 is 0 Å². The van der Waals surface area contributed by atoms with Crippen molar-refractivity contribution >= 4 is 11.6 Å². The molecule has 0 bridgehead atoms. The highest BCUT2D eigenvalue weighted by Gasteiger charge is 2.31. The molecular weight excluding hydrogens is 409 g/mol. The lowest BCUT2D eigenvalue weighted by atomic mass is 10.1. The van der Waals surface area contributed by atoms with E-state index >= 15 is 0 Å². The molecule has 0 unspecified atom stereocenters. The molecule has 2 aliphatic heterocycles. The Morgan fingerprint density at radius 3 is 2.53 bits per heavy atom. The number of anilines is 1. The predicted octanol–water partition coefficient (Wildman–Crippen LogP) is 3.27. The summed E-state index contributed by atoms with van der Waals surface area (Å²) in [7, 11) is 0. The Kier molecular flexibility index (Phi) is 5.38. The smallest absolute Gasteiger partial charge is 0.276 e. The van der Waals surface area contributed by atoms with Crippen molar-refractivity contribution in [1.82, 2.24) is 19.9 Å². The second-order valence-electron chi connectivity index (χ2n) is 8.49. The zero-order valence-electron chi connectivity index (χ0n) is 18.3. The van der Waals surface area contributed by atoms with Crippen molar-refractivity contribution in [3.63, 3.8) is 0 Å². The van der Waals surface area contributed by atoms with E-state index < -0.39 is 0 Å². The van der Waals surface area contributed by atoms with E-state index in [1.165, 1.54) is 28.9 Å². The summed E-state index contributed by atoms with van der Waals surface area (Å²) in [6.07, 6.45) is -0.242. The van der Waals surface area contributed by atoms with Crippen LogP contribution in [0.25, 0.3) is 0 Å². The number of carbonyl (C=O) groups excluding carboxylic acids is 1. The van der Waals surface area contributed by atoms with E-state index in [1.54, 1.807) is 16.8 Å². The summed E-state index contributed by atoms with van der Waals surface area (Å²) in [5.74, 6) is -0.383. The van der Waals surface area contributed by atoms with E-state index in [0.29, 0.717) is 31.0 Å². The standard InChI is InChI=1S/C24H26FN5O2/c1-16-3-8-20(17(2)13-16)28-9-11-29(12-10-28)24(31)23-21-15-32-22(14-30(21)27-26-23)18-4-6-19(25)7-5-18/h3-8,13,22H,9-12,14-15H2,1-2H3/t22-/m1/s1. The third-order valence-corrected chi connectivity index (χ3v) is 6.30. The molecule has 1 saturated heterocycles. The summed E-state index contributed by atoms with van der Waals surface area (Å²) < 4.78 is 20.9. The Bertz CT molecular complexity index is 1140. The number of fused-ring (bicyclic) bond motifs is 1. The number of halogens is 1. The molecule has 0 aliphatic carbocycles. The molecule has 0 spiro atoms. The van der Waals surface area contributed by atoms with Crippen LogP contribution in [0.15, 0.2) is 42.5 Å². The molecule has 2 aromatic carbocycles. The SMILES string of the molecule is Cc1ccc(N2CCN(C(=O)c3nnn4c3CO[C@@H](c3ccc(F)cc3)C4)CC2)c(C)c1. The molecule has 8 heteroatoms. The summed E-state index contributed by atoms with van der Waals surface area (Å²) >= 11 is 0. The number of benzene rings is 2. The monoisotopic (exact) mass is 435 g/mol. The average Bonchev–Trinajstić information content (AvgIpc) is 3.22. The number of aryl methyl sites for hydroxylation is 2. The van der Waals surface area contributed by atoms with Crippen LogP contribution in [-0.2, 0) is 17.9 Å². The normalized spacial score (nSPS) is 18.5. The van der Waals surface area contributed by atoms with Gasteiger partial charge >= 0.3 is 0 Å². The van der Waals surface area contributed by atoms with Gasteiger partial charge in [0.25, 0.3) is 5.91 Å². The summed E-state index contributed by atoms with van der Waals surface area (Å²) in [5, 5.41) is 8.39. The van der Waals surface area contributed by atoms with Crippen LogP contribution in [0.2, 0.25) is 0 Å². The van der Waals surface area contributed by atoms with Gasteiger partial charge < -0.3 is 14.5 Å². The van der Waals surface area contributed by atoms with Gasteiger partial charge in [-0.15, -0.1) is 5.10 Å². The summed E-state index contributed by atoms with van der Waals surface area (Å²) in [6.45, 7) is 7.75. The zero-order chi connectivity index (χ0) is 22.2. The second kappa shape index (κ2) is 8.35. The van der Waals surface area contributed by atoms with E-state index in [2.05, 4.69) is 47.3 Å². The molecule has 32 heavy (non-hydrogen) atoms. The largest absolute Gasteiger partial charge is 0.368 e. The number of hydrogen-bond acceptors (Lipinski definition) is 5. The molecule has 1 amide bonds. The van der Waals surface area contributed by atoms with Crippen LogP contribution in [0.1, 0.15) is 39.0 Å². The molecule has 3 heterocycles. The highest BCUT2D eigenvalue weighted by atomic mass is 19.1. The first-order valence-corrected chi connectivity index (χ1v) is 10.9. The van der Waals surface area contributed by atoms with Gasteiger partial charge in [-0.1, -0.05) is 35.0 Å². The molecule has 1 fully saturated rings. The Hall–Kier alpha value is -3.26. The Balaban J connectivity index is 1.25. The minimum atomic E-state index is -0.281. The van der Waals surface area contributed by atoms with Crippen molar-refractivity contribution < 1.29 is 13.9 Å². The van der Waals surface area contributed by atoms with Gasteiger partial charge in [0.15, 0.2) is 5.69 Å². The van der Waals surface area contributed by atoms with Crippen LogP contribution in [-0.4, -0.2) is 52.0 Å². The zero-order valence-corrected chi connectivity index (χ0v) is 18.3. The number of piperazine rings is 1. The summed E-state index contributed by atoms with van der Waals surface area (Å²) in [5.41, 5.74) is 5.67. The van der Waals surface area contributed by atoms with Crippen LogP contribution in [0.4, 0.5) is 10.1 Å². The van der Waals surface area contributed by atoms with Crippen LogP contribution < -0.4 is 4.90 Å². The van der Waals surface area contributed by atoms with Gasteiger partial charge in [-0.3, -0.25) is 4.79 Å². The van der Waals surface area contributed by atoms with Gasteiger partial charge in [0.2, 0.25) is 0 Å². The van der Waals surface area contributed by atoms with Gasteiger partial charge in [-0.25, -0.2) is 9.07 Å². The van der Waals surface area contributed by atoms with E-state index in [4.69, 9.17) is 4.74 Å². The number of ether oxygens (including phenoxy) is 1. The highest BCUT2D eigenvalue weighted by Crippen LogP contribution is 2.28. The van der Waals surface area contributed by atoms with Crippen LogP contribution in [0, 0.1) is 19.7 Å². The van der Waals surface area contributed by atoms with E-state index in [9.17, 15) is 9.18 Å². The Labute approximate surface area is 186 Å². The fourth-order valence-corrected chi connectivity index (χ4v) is 4.52. The predicted molar refractivity (Wildman–Crippen MR) is 118 cm³/mol. The molecule has 0 radical (unpaired) electrons. The lowest BCUT2D eigenvalue weighted by Crippen LogP contribution is -2.49. The number of hydrogen-bond donors (Lipinski definition) is 0. The first-order chi connectivity index (χ1) is 15.5. The van der Waals surface area contributed by atoms with Crippen molar-refractivity contribution in [2.75, 3.05) is 31.1 Å². The maximum Gasteiger partial charge on any atom is 0.276 e. The molecule has 5 rings (SSSR count). The summed E-state index contributed by atoms with van der Waals surface area (Å²) in [4.78, 5) is 17.3. The van der Waals surface area contributed by atoms with Gasteiger partial charge in [0.05, 0.1) is 18.8 Å². The highest BCUT2D eigenvalue weighted by molar-refractivity contribution is 5.93. The molecule has 7 nitrogen and oxygen atoms in total. The molecule has 0 saturated carbocycles. The molecule has 166 valence electrons. The Morgan fingerprint density at radius 2 is 1.81 bits per heavy atom. The topological polar surface area (TPSA) is 63.5 Å². The van der Waals surface area contributed by atoms with Crippen molar-refractivity contribution in [2.24, 2.45) is 0 Å². The Morgan fingerprint density at radius 1 is 1.06 bits per heavy atom. The van der Waals surface area contributed by atoms with Crippen molar-refractivity contribution in [1.29, 1.82) is 0 Å². The van der Waals surface area contributed by atoms with Gasteiger partial charge in [0, 0.05) is 31.9 Å². The van der Waals surface area contributed by atoms with Gasteiger partial charge in [-0.2, -0.15) is 0 Å². The number of nitrogens with zero attached hydrogens (tertiary/aromatic N) is 5. The van der Waals surface area contributed by atoms with Crippen LogP contribution in [0.5, 0.6) is 0 Å². The van der Waals surface area contributed by atoms with Gasteiger partial charge in [0.1, 0.15) is 11.9 Å².